The topological polar surface area (TPSA) is 54.9 Å². The van der Waals surface area contributed by atoms with Crippen molar-refractivity contribution in [3.63, 3.8) is 0 Å². The van der Waals surface area contributed by atoms with Crippen molar-refractivity contribution in [2.45, 2.75) is 18.9 Å². The monoisotopic (exact) mass is 293 g/mol. The Kier molecular flexibility index (Phi) is 5.76. The molecule has 6 heteroatoms. The first-order valence-electron chi connectivity index (χ1n) is 6.60. The first-order valence-corrected chi connectivity index (χ1v) is 7.01. The Morgan fingerprint density at radius 2 is 2.50 bits per heavy atom. The van der Waals surface area contributed by atoms with E-state index in [1.54, 1.807) is 13.3 Å². The zero-order valence-corrected chi connectivity index (χ0v) is 12.3. The van der Waals surface area contributed by atoms with Crippen LogP contribution in [0.4, 0.5) is 0 Å². The second kappa shape index (κ2) is 7.81. The van der Waals surface area contributed by atoms with E-state index in [1.807, 2.05) is 24.3 Å². The van der Waals surface area contributed by atoms with E-state index in [4.69, 9.17) is 21.7 Å². The molecule has 1 atom stereocenters. The number of nitrogens with one attached hydrogen (secondary N) is 2. The number of benzene rings is 1. The van der Waals surface area contributed by atoms with Gasteiger partial charge >= 0.3 is 0 Å². The van der Waals surface area contributed by atoms with Crippen molar-refractivity contribution in [2.24, 2.45) is 5.10 Å². The minimum Gasteiger partial charge on any atom is -0.497 e. The van der Waals surface area contributed by atoms with Crippen molar-refractivity contribution in [2.75, 3.05) is 20.3 Å². The van der Waals surface area contributed by atoms with E-state index in [9.17, 15) is 0 Å². The van der Waals surface area contributed by atoms with Crippen molar-refractivity contribution < 1.29 is 9.47 Å². The maximum Gasteiger partial charge on any atom is 0.187 e. The summed E-state index contributed by atoms with van der Waals surface area (Å²) in [6.45, 7) is 1.57. The van der Waals surface area contributed by atoms with E-state index in [0.717, 1.165) is 37.3 Å². The molecule has 1 aromatic rings. The normalized spacial score (nSPS) is 18.1. The molecule has 0 aliphatic carbocycles. The van der Waals surface area contributed by atoms with Crippen LogP contribution in [-0.2, 0) is 4.74 Å². The van der Waals surface area contributed by atoms with Gasteiger partial charge in [0.25, 0.3) is 0 Å². The van der Waals surface area contributed by atoms with Crippen LogP contribution in [-0.4, -0.2) is 37.7 Å². The van der Waals surface area contributed by atoms with Crippen LogP contribution in [0.2, 0.25) is 0 Å². The Hall–Kier alpha value is -1.66. The Balaban J connectivity index is 1.72. The molecule has 1 fully saturated rings. The molecular weight excluding hydrogens is 274 g/mol. The van der Waals surface area contributed by atoms with Crippen molar-refractivity contribution >= 4 is 23.5 Å². The van der Waals surface area contributed by atoms with Crippen LogP contribution in [0.1, 0.15) is 18.4 Å². The Morgan fingerprint density at radius 1 is 1.60 bits per heavy atom. The van der Waals surface area contributed by atoms with Crippen molar-refractivity contribution in [1.29, 1.82) is 0 Å². The lowest BCUT2D eigenvalue weighted by Gasteiger charge is -2.11. The number of thiocarbonyl (C=S) groups is 1. The van der Waals surface area contributed by atoms with Gasteiger partial charge in [0.05, 0.1) is 19.4 Å². The fourth-order valence-electron chi connectivity index (χ4n) is 1.94. The van der Waals surface area contributed by atoms with Gasteiger partial charge in [0.15, 0.2) is 5.11 Å². The van der Waals surface area contributed by atoms with Crippen LogP contribution < -0.4 is 15.5 Å². The highest BCUT2D eigenvalue weighted by Crippen LogP contribution is 2.11. The molecule has 0 aromatic heterocycles. The zero-order chi connectivity index (χ0) is 14.2. The maximum atomic E-state index is 5.50. The Morgan fingerprint density at radius 3 is 3.25 bits per heavy atom. The third kappa shape index (κ3) is 4.79. The first kappa shape index (κ1) is 14.7. The molecule has 2 N–H and O–H groups in total. The average molecular weight is 293 g/mol. The lowest BCUT2D eigenvalue weighted by atomic mass is 10.2. The summed E-state index contributed by atoms with van der Waals surface area (Å²) in [6.07, 6.45) is 4.17. The standard InChI is InChI=1S/C14H19N3O2S/c1-18-12-5-2-4-11(8-12)9-16-17-14(20)15-10-13-6-3-7-19-13/h2,4-5,8-9,13H,3,6-7,10H2,1H3,(H2,15,17,20)/b16-9+. The van der Waals surface area contributed by atoms with Gasteiger partial charge < -0.3 is 14.8 Å². The van der Waals surface area contributed by atoms with Gasteiger partial charge in [0.2, 0.25) is 0 Å². The number of nitrogens with zero attached hydrogens (tertiary/aromatic N) is 1. The van der Waals surface area contributed by atoms with Gasteiger partial charge in [-0.15, -0.1) is 0 Å². The van der Waals surface area contributed by atoms with Crippen LogP contribution in [0, 0.1) is 0 Å². The summed E-state index contributed by atoms with van der Waals surface area (Å²) in [5, 5.41) is 7.68. The van der Waals surface area contributed by atoms with E-state index in [0.29, 0.717) is 5.11 Å². The van der Waals surface area contributed by atoms with Crippen molar-refractivity contribution in [3.8, 4) is 5.75 Å². The Labute approximate surface area is 124 Å². The molecule has 0 radical (unpaired) electrons. The number of rotatable bonds is 5. The van der Waals surface area contributed by atoms with Crippen LogP contribution >= 0.6 is 12.2 Å². The number of hydrogen-bond donors (Lipinski definition) is 2. The molecule has 20 heavy (non-hydrogen) atoms. The van der Waals surface area contributed by atoms with Gasteiger partial charge in [-0.25, -0.2) is 0 Å². The molecule has 1 unspecified atom stereocenters. The second-order valence-electron chi connectivity index (χ2n) is 4.49. The Bertz CT molecular complexity index is 473. The van der Waals surface area contributed by atoms with Gasteiger partial charge in [-0.2, -0.15) is 5.10 Å². The lowest BCUT2D eigenvalue weighted by Crippen LogP contribution is -2.37. The number of ether oxygens (including phenoxy) is 2. The highest BCUT2D eigenvalue weighted by Gasteiger charge is 2.14. The van der Waals surface area contributed by atoms with Gasteiger partial charge in [0.1, 0.15) is 5.75 Å². The first-order chi connectivity index (χ1) is 9.78. The van der Waals surface area contributed by atoms with Crippen molar-refractivity contribution in [1.82, 2.24) is 10.7 Å². The molecular formula is C14H19N3O2S. The molecule has 2 rings (SSSR count). The lowest BCUT2D eigenvalue weighted by molar-refractivity contribution is 0.114. The number of hydrogen-bond acceptors (Lipinski definition) is 4. The summed E-state index contributed by atoms with van der Waals surface area (Å²) >= 11 is 5.14. The molecule has 1 saturated heterocycles. The quantitative estimate of drug-likeness (QED) is 0.491. The van der Waals surface area contributed by atoms with E-state index in [2.05, 4.69) is 15.8 Å². The van der Waals surface area contributed by atoms with Gasteiger partial charge in [-0.3, -0.25) is 5.43 Å². The maximum absolute atomic E-state index is 5.50. The molecule has 1 aliphatic heterocycles. The van der Waals surface area contributed by atoms with Crippen LogP contribution in [0.5, 0.6) is 5.75 Å². The van der Waals surface area contributed by atoms with Crippen LogP contribution in [0.3, 0.4) is 0 Å². The molecule has 0 saturated carbocycles. The summed E-state index contributed by atoms with van der Waals surface area (Å²) in [5.74, 6) is 0.799. The zero-order valence-electron chi connectivity index (χ0n) is 11.5. The number of methoxy groups -OCH3 is 1. The van der Waals surface area contributed by atoms with Gasteiger partial charge in [-0.05, 0) is 42.8 Å². The van der Waals surface area contributed by atoms with Crippen molar-refractivity contribution in [3.05, 3.63) is 29.8 Å². The molecule has 108 valence electrons. The third-order valence-electron chi connectivity index (χ3n) is 2.99. The molecule has 5 nitrogen and oxygen atoms in total. The summed E-state index contributed by atoms with van der Waals surface area (Å²) in [6, 6.07) is 7.64. The van der Waals surface area contributed by atoms with Gasteiger partial charge in [0, 0.05) is 13.2 Å². The molecule has 0 bridgehead atoms. The van der Waals surface area contributed by atoms with Crippen LogP contribution in [0.25, 0.3) is 0 Å². The minimum absolute atomic E-state index is 0.261. The predicted molar refractivity (Wildman–Crippen MR) is 83.3 cm³/mol. The van der Waals surface area contributed by atoms with E-state index in [-0.39, 0.29) is 6.10 Å². The summed E-state index contributed by atoms with van der Waals surface area (Å²) in [7, 11) is 1.64. The number of hydrazone groups is 1. The van der Waals surface area contributed by atoms with E-state index >= 15 is 0 Å². The molecule has 1 aromatic carbocycles. The highest BCUT2D eigenvalue weighted by molar-refractivity contribution is 7.80. The fourth-order valence-corrected chi connectivity index (χ4v) is 2.07. The molecule has 1 aliphatic rings. The largest absolute Gasteiger partial charge is 0.497 e. The fraction of sp³-hybridized carbons (Fsp3) is 0.429. The summed E-state index contributed by atoms with van der Waals surface area (Å²) in [4.78, 5) is 0. The molecule has 0 spiro atoms. The summed E-state index contributed by atoms with van der Waals surface area (Å²) in [5.41, 5.74) is 3.73. The molecule has 0 amide bonds. The third-order valence-corrected chi connectivity index (χ3v) is 3.22. The van der Waals surface area contributed by atoms with Crippen LogP contribution in [0.15, 0.2) is 29.4 Å². The predicted octanol–water partition coefficient (Wildman–Crippen LogP) is 1.67. The summed E-state index contributed by atoms with van der Waals surface area (Å²) < 4.78 is 10.6. The molecule has 1 heterocycles. The van der Waals surface area contributed by atoms with Gasteiger partial charge in [-0.1, -0.05) is 12.1 Å². The smallest absolute Gasteiger partial charge is 0.187 e. The highest BCUT2D eigenvalue weighted by atomic mass is 32.1. The second-order valence-corrected chi connectivity index (χ2v) is 4.90. The minimum atomic E-state index is 0.261. The SMILES string of the molecule is COc1cccc(/C=N/NC(=S)NCC2CCCO2)c1. The average Bonchev–Trinajstić information content (AvgIpc) is 2.99. The van der Waals surface area contributed by atoms with E-state index < -0.39 is 0 Å². The van der Waals surface area contributed by atoms with E-state index in [1.165, 1.54) is 0 Å².